The van der Waals surface area contributed by atoms with E-state index < -0.39 is 10.8 Å². The Kier molecular flexibility index (Phi) is 1.89. The second-order valence-electron chi connectivity index (χ2n) is 2.95. The Balaban J connectivity index is 2.45. The third-order valence-electron chi connectivity index (χ3n) is 2.12. The highest BCUT2D eigenvalue weighted by atomic mass is 32.2. The lowest BCUT2D eigenvalue weighted by Crippen LogP contribution is -1.90. The number of rotatable bonds is 1. The van der Waals surface area contributed by atoms with Gasteiger partial charge in [-0.15, -0.1) is 0 Å². The topological polar surface area (TPSA) is 29.1 Å². The monoisotopic (exact) mass is 181 g/mol. The first-order valence-corrected chi connectivity index (χ1v) is 5.53. The minimum atomic E-state index is -0.849. The van der Waals surface area contributed by atoms with E-state index in [9.17, 15) is 4.21 Å². The summed E-state index contributed by atoms with van der Waals surface area (Å²) in [5.41, 5.74) is 2.49. The zero-order valence-corrected chi connectivity index (χ0v) is 7.78. The summed E-state index contributed by atoms with van der Waals surface area (Å²) in [6.45, 7) is 1.01. The summed E-state index contributed by atoms with van der Waals surface area (Å²) in [6.07, 6.45) is 2.77. The first-order valence-electron chi connectivity index (χ1n) is 3.97. The van der Waals surface area contributed by atoms with Crippen molar-refractivity contribution >= 4 is 16.5 Å². The summed E-state index contributed by atoms with van der Waals surface area (Å²) >= 11 is 0. The molecule has 0 saturated carbocycles. The van der Waals surface area contributed by atoms with Gasteiger partial charge in [-0.1, -0.05) is 0 Å². The largest absolute Gasteiger partial charge is 0.384 e. The van der Waals surface area contributed by atoms with Gasteiger partial charge in [-0.05, 0) is 30.2 Å². The quantitative estimate of drug-likeness (QED) is 0.709. The molecule has 0 aromatic heterocycles. The smallest absolute Gasteiger partial charge is 0.0498 e. The molecule has 2 rings (SSSR count). The van der Waals surface area contributed by atoms with Gasteiger partial charge in [0.25, 0.3) is 0 Å². The van der Waals surface area contributed by atoms with Gasteiger partial charge in [0.05, 0.1) is 0 Å². The first-order chi connectivity index (χ1) is 5.77. The number of benzene rings is 1. The van der Waals surface area contributed by atoms with Gasteiger partial charge in [0, 0.05) is 34.2 Å². The molecule has 0 bridgehead atoms. The van der Waals surface area contributed by atoms with Gasteiger partial charge >= 0.3 is 0 Å². The zero-order valence-electron chi connectivity index (χ0n) is 6.96. The minimum absolute atomic E-state index is 0.849. The van der Waals surface area contributed by atoms with E-state index in [-0.39, 0.29) is 0 Å². The molecule has 2 nitrogen and oxygen atoms in total. The molecule has 0 aliphatic carbocycles. The normalized spacial score (nSPS) is 16.8. The summed E-state index contributed by atoms with van der Waals surface area (Å²) in [4.78, 5) is 0.928. The molecule has 0 spiro atoms. The fourth-order valence-electron chi connectivity index (χ4n) is 1.46. The number of hydrogen-bond acceptors (Lipinski definition) is 2. The fraction of sp³-hybridized carbons (Fsp3) is 0.333. The fourth-order valence-corrected chi connectivity index (χ4v) is 2.03. The van der Waals surface area contributed by atoms with Crippen LogP contribution in [0.4, 0.5) is 5.69 Å². The number of anilines is 1. The van der Waals surface area contributed by atoms with Crippen molar-refractivity contribution in [3.63, 3.8) is 0 Å². The van der Waals surface area contributed by atoms with Crippen LogP contribution < -0.4 is 5.32 Å². The number of nitrogens with one attached hydrogen (secondary N) is 1. The molecule has 1 atom stereocenters. The van der Waals surface area contributed by atoms with E-state index in [1.165, 1.54) is 11.3 Å². The average molecular weight is 181 g/mol. The second kappa shape index (κ2) is 2.90. The average Bonchev–Trinajstić information content (AvgIpc) is 2.49. The standard InChI is InChI=1S/C9H11NOS/c1-12(11)8-2-3-9-7(6-8)4-5-10-9/h2-3,6,10H,4-5H2,1H3/t12-/m0/s1. The lowest BCUT2D eigenvalue weighted by atomic mass is 10.2. The number of hydrogen-bond donors (Lipinski definition) is 1. The third kappa shape index (κ3) is 1.25. The van der Waals surface area contributed by atoms with E-state index in [0.29, 0.717) is 0 Å². The molecule has 0 unspecified atom stereocenters. The molecule has 1 aromatic rings. The van der Waals surface area contributed by atoms with Gasteiger partial charge in [-0.3, -0.25) is 4.21 Å². The SMILES string of the molecule is C[S@](=O)c1ccc2c(c1)CCN2. The molecular weight excluding hydrogens is 170 g/mol. The molecule has 1 aromatic carbocycles. The van der Waals surface area contributed by atoms with Gasteiger partial charge in [0.2, 0.25) is 0 Å². The molecule has 0 amide bonds. The van der Waals surface area contributed by atoms with Crippen LogP contribution in [-0.4, -0.2) is 17.0 Å². The van der Waals surface area contributed by atoms with Crippen molar-refractivity contribution in [1.82, 2.24) is 0 Å². The van der Waals surface area contributed by atoms with E-state index in [2.05, 4.69) is 5.32 Å². The molecule has 1 heterocycles. The van der Waals surface area contributed by atoms with Crippen molar-refractivity contribution in [3.05, 3.63) is 23.8 Å². The van der Waals surface area contributed by atoms with Crippen molar-refractivity contribution in [3.8, 4) is 0 Å². The van der Waals surface area contributed by atoms with Gasteiger partial charge in [0.15, 0.2) is 0 Å². The van der Waals surface area contributed by atoms with E-state index in [0.717, 1.165) is 17.9 Å². The summed E-state index contributed by atoms with van der Waals surface area (Å²) in [5.74, 6) is 0. The van der Waals surface area contributed by atoms with Crippen LogP contribution >= 0.6 is 0 Å². The maximum atomic E-state index is 11.1. The van der Waals surface area contributed by atoms with Crippen molar-refractivity contribution < 1.29 is 4.21 Å². The van der Waals surface area contributed by atoms with Crippen LogP contribution in [0.25, 0.3) is 0 Å². The van der Waals surface area contributed by atoms with Crippen molar-refractivity contribution in [2.75, 3.05) is 18.1 Å². The Morgan fingerprint density at radius 1 is 1.50 bits per heavy atom. The second-order valence-corrected chi connectivity index (χ2v) is 4.33. The maximum absolute atomic E-state index is 11.1. The van der Waals surface area contributed by atoms with Crippen molar-refractivity contribution in [2.24, 2.45) is 0 Å². The Labute approximate surface area is 74.4 Å². The summed E-state index contributed by atoms with van der Waals surface area (Å²) in [7, 11) is -0.849. The van der Waals surface area contributed by atoms with Crippen LogP contribution in [0.2, 0.25) is 0 Å². The van der Waals surface area contributed by atoms with Crippen molar-refractivity contribution in [1.29, 1.82) is 0 Å². The molecule has 3 heteroatoms. The Hall–Kier alpha value is -0.830. The summed E-state index contributed by atoms with van der Waals surface area (Å²) in [5, 5.41) is 3.27. The van der Waals surface area contributed by atoms with E-state index >= 15 is 0 Å². The Bertz CT molecular complexity index is 335. The molecule has 0 saturated heterocycles. The molecule has 12 heavy (non-hydrogen) atoms. The molecule has 0 radical (unpaired) electrons. The van der Waals surface area contributed by atoms with Crippen LogP contribution in [0.3, 0.4) is 0 Å². The van der Waals surface area contributed by atoms with Crippen LogP contribution in [0.5, 0.6) is 0 Å². The predicted octanol–water partition coefficient (Wildman–Crippen LogP) is 1.39. The van der Waals surface area contributed by atoms with Gasteiger partial charge in [0.1, 0.15) is 0 Å². The highest BCUT2D eigenvalue weighted by Crippen LogP contribution is 2.23. The lowest BCUT2D eigenvalue weighted by Gasteiger charge is -2.00. The van der Waals surface area contributed by atoms with E-state index in [1.54, 1.807) is 6.26 Å². The predicted molar refractivity (Wildman–Crippen MR) is 51.0 cm³/mol. The molecule has 1 aliphatic rings. The Morgan fingerprint density at radius 3 is 3.08 bits per heavy atom. The van der Waals surface area contributed by atoms with Gasteiger partial charge < -0.3 is 5.32 Å². The van der Waals surface area contributed by atoms with Crippen molar-refractivity contribution in [2.45, 2.75) is 11.3 Å². The van der Waals surface area contributed by atoms with Crippen LogP contribution in [-0.2, 0) is 17.2 Å². The third-order valence-corrected chi connectivity index (χ3v) is 3.04. The molecular formula is C9H11NOS. The van der Waals surface area contributed by atoms with Crippen LogP contribution in [0.15, 0.2) is 23.1 Å². The molecule has 0 fully saturated rings. The maximum Gasteiger partial charge on any atom is 0.0498 e. The van der Waals surface area contributed by atoms with Gasteiger partial charge in [-0.25, -0.2) is 0 Å². The lowest BCUT2D eigenvalue weighted by molar-refractivity contribution is 0.686. The summed E-state index contributed by atoms with van der Waals surface area (Å²) in [6, 6.07) is 5.97. The first kappa shape index (κ1) is 7.80. The highest BCUT2D eigenvalue weighted by Gasteiger charge is 2.10. The minimum Gasteiger partial charge on any atom is -0.384 e. The van der Waals surface area contributed by atoms with Crippen LogP contribution in [0, 0.1) is 0 Å². The Morgan fingerprint density at radius 2 is 2.33 bits per heavy atom. The number of fused-ring (bicyclic) bond motifs is 1. The van der Waals surface area contributed by atoms with Crippen LogP contribution in [0.1, 0.15) is 5.56 Å². The van der Waals surface area contributed by atoms with E-state index in [1.807, 2.05) is 18.2 Å². The zero-order chi connectivity index (χ0) is 8.55. The molecule has 1 aliphatic heterocycles. The molecule has 1 N–H and O–H groups in total. The highest BCUT2D eigenvalue weighted by molar-refractivity contribution is 7.84. The molecule has 64 valence electrons. The summed E-state index contributed by atoms with van der Waals surface area (Å²) < 4.78 is 11.1. The van der Waals surface area contributed by atoms with E-state index in [4.69, 9.17) is 0 Å². The van der Waals surface area contributed by atoms with Gasteiger partial charge in [-0.2, -0.15) is 0 Å².